The zero-order chi connectivity index (χ0) is 9.68. The molecular formula is C11H17ClSi. The van der Waals surface area contributed by atoms with E-state index in [2.05, 4.69) is 38.1 Å². The number of hydrogen-bond donors (Lipinski definition) is 0. The van der Waals surface area contributed by atoms with Gasteiger partial charge in [-0.15, -0.1) is 0 Å². The quantitative estimate of drug-likeness (QED) is 0.532. The second-order valence-corrected chi connectivity index (χ2v) is 5.35. The number of hydrogen-bond acceptors (Lipinski definition) is 0. The Morgan fingerprint density at radius 2 is 2.08 bits per heavy atom. The van der Waals surface area contributed by atoms with Crippen molar-refractivity contribution in [1.29, 1.82) is 0 Å². The highest BCUT2D eigenvalue weighted by atomic mass is 35.6. The van der Waals surface area contributed by atoms with E-state index in [9.17, 15) is 0 Å². The third-order valence-corrected chi connectivity index (χ3v) is 4.25. The summed E-state index contributed by atoms with van der Waals surface area (Å²) < 4.78 is 0. The minimum absolute atomic E-state index is 0.525. The standard InChI is InChI=1S/C11H17ClSi/c1-3-6-9(2)10-7-4-5-8-11(10)13-12/h4-5,7-9H,3,6,13H2,1-2H3. The average Bonchev–Trinajstić information content (AvgIpc) is 2.18. The molecule has 72 valence electrons. The molecule has 0 spiro atoms. The van der Waals surface area contributed by atoms with Gasteiger partial charge in [0.2, 0.25) is 0 Å². The summed E-state index contributed by atoms with van der Waals surface area (Å²) >= 11 is 6.02. The maximum atomic E-state index is 6.02. The van der Waals surface area contributed by atoms with Crippen LogP contribution in [0.25, 0.3) is 0 Å². The smallest absolute Gasteiger partial charge is 0.156 e. The van der Waals surface area contributed by atoms with E-state index in [0.717, 1.165) is 0 Å². The van der Waals surface area contributed by atoms with Gasteiger partial charge >= 0.3 is 0 Å². The molecule has 0 aromatic heterocycles. The highest BCUT2D eigenvalue weighted by Gasteiger charge is 2.07. The van der Waals surface area contributed by atoms with Gasteiger partial charge in [0.25, 0.3) is 0 Å². The molecule has 0 bridgehead atoms. The van der Waals surface area contributed by atoms with Crippen LogP contribution in [0.1, 0.15) is 38.2 Å². The van der Waals surface area contributed by atoms with Crippen molar-refractivity contribution in [1.82, 2.24) is 0 Å². The van der Waals surface area contributed by atoms with Gasteiger partial charge in [0, 0.05) is 0 Å². The van der Waals surface area contributed by atoms with Crippen LogP contribution in [0.2, 0.25) is 0 Å². The van der Waals surface area contributed by atoms with Crippen LogP contribution in [0.4, 0.5) is 0 Å². The largest absolute Gasteiger partial charge is 0.170 e. The van der Waals surface area contributed by atoms with Crippen molar-refractivity contribution in [3.8, 4) is 0 Å². The first-order chi connectivity index (χ1) is 6.29. The fourth-order valence-electron chi connectivity index (χ4n) is 1.73. The van der Waals surface area contributed by atoms with Crippen LogP contribution in [0, 0.1) is 0 Å². The summed E-state index contributed by atoms with van der Waals surface area (Å²) in [5, 5.41) is 1.42. The maximum Gasteiger partial charge on any atom is 0.156 e. The van der Waals surface area contributed by atoms with Crippen LogP contribution < -0.4 is 5.19 Å². The third-order valence-electron chi connectivity index (χ3n) is 2.45. The zero-order valence-corrected chi connectivity index (χ0v) is 10.6. The SMILES string of the molecule is CCCC(C)c1ccccc1[SiH2]Cl. The maximum absolute atomic E-state index is 6.02. The molecule has 0 aliphatic carbocycles. The fraction of sp³-hybridized carbons (Fsp3) is 0.455. The second-order valence-electron chi connectivity index (χ2n) is 3.52. The molecule has 0 saturated carbocycles. The summed E-state index contributed by atoms with van der Waals surface area (Å²) in [7, 11) is -0.525. The van der Waals surface area contributed by atoms with E-state index >= 15 is 0 Å². The number of rotatable bonds is 4. The normalized spacial score (nSPS) is 13.8. The molecule has 1 rings (SSSR count). The first-order valence-electron chi connectivity index (χ1n) is 4.93. The van der Waals surface area contributed by atoms with Crippen LogP contribution in [-0.4, -0.2) is 8.83 Å². The predicted molar refractivity (Wildman–Crippen MR) is 63.8 cm³/mol. The van der Waals surface area contributed by atoms with Gasteiger partial charge in [-0.1, -0.05) is 44.5 Å². The van der Waals surface area contributed by atoms with Gasteiger partial charge < -0.3 is 0 Å². The highest BCUT2D eigenvalue weighted by Crippen LogP contribution is 2.18. The van der Waals surface area contributed by atoms with Crippen molar-refractivity contribution in [3.05, 3.63) is 29.8 Å². The van der Waals surface area contributed by atoms with E-state index in [4.69, 9.17) is 11.1 Å². The number of halogens is 1. The second kappa shape index (κ2) is 5.46. The lowest BCUT2D eigenvalue weighted by molar-refractivity contribution is 0.668. The van der Waals surface area contributed by atoms with E-state index in [1.807, 2.05) is 0 Å². The molecule has 1 unspecified atom stereocenters. The Morgan fingerprint density at radius 1 is 1.38 bits per heavy atom. The fourth-order valence-corrected chi connectivity index (χ4v) is 3.30. The molecule has 0 heterocycles. The summed E-state index contributed by atoms with van der Waals surface area (Å²) in [5.41, 5.74) is 1.48. The molecular weight excluding hydrogens is 196 g/mol. The molecule has 0 radical (unpaired) electrons. The minimum atomic E-state index is -0.525. The van der Waals surface area contributed by atoms with Gasteiger partial charge in [-0.05, 0) is 23.1 Å². The molecule has 2 heteroatoms. The molecule has 0 fully saturated rings. The molecule has 0 amide bonds. The molecule has 1 atom stereocenters. The van der Waals surface area contributed by atoms with E-state index in [1.54, 1.807) is 0 Å². The van der Waals surface area contributed by atoms with Gasteiger partial charge in [-0.25, -0.2) is 0 Å². The summed E-state index contributed by atoms with van der Waals surface area (Å²) in [4.78, 5) is 0. The predicted octanol–water partition coefficient (Wildman–Crippen LogP) is 2.54. The van der Waals surface area contributed by atoms with Crippen molar-refractivity contribution >= 4 is 25.1 Å². The summed E-state index contributed by atoms with van der Waals surface area (Å²) in [6.07, 6.45) is 2.52. The molecule has 0 N–H and O–H groups in total. The first kappa shape index (κ1) is 10.8. The summed E-state index contributed by atoms with van der Waals surface area (Å²) in [6.45, 7) is 4.53. The molecule has 1 aromatic carbocycles. The Kier molecular flexibility index (Phi) is 4.53. The summed E-state index contributed by atoms with van der Waals surface area (Å²) in [6, 6.07) is 8.62. The van der Waals surface area contributed by atoms with Crippen LogP contribution in [0.3, 0.4) is 0 Å². The molecule has 0 aliphatic heterocycles. The highest BCUT2D eigenvalue weighted by molar-refractivity contribution is 7.01. The lowest BCUT2D eigenvalue weighted by atomic mass is 9.97. The van der Waals surface area contributed by atoms with Gasteiger partial charge in [-0.3, -0.25) is 0 Å². The Labute approximate surface area is 87.8 Å². The summed E-state index contributed by atoms with van der Waals surface area (Å²) in [5.74, 6) is 0.674. The topological polar surface area (TPSA) is 0 Å². The number of benzene rings is 1. The van der Waals surface area contributed by atoms with E-state index in [0.29, 0.717) is 5.92 Å². The van der Waals surface area contributed by atoms with Crippen molar-refractivity contribution in [2.45, 2.75) is 32.6 Å². The monoisotopic (exact) mass is 212 g/mol. The first-order valence-corrected chi connectivity index (χ1v) is 7.77. The molecule has 0 saturated heterocycles. The molecule has 13 heavy (non-hydrogen) atoms. The van der Waals surface area contributed by atoms with Crippen molar-refractivity contribution in [2.24, 2.45) is 0 Å². The van der Waals surface area contributed by atoms with E-state index in [-0.39, 0.29) is 0 Å². The van der Waals surface area contributed by atoms with Crippen LogP contribution >= 0.6 is 11.1 Å². The minimum Gasteiger partial charge on any atom is -0.170 e. The zero-order valence-electron chi connectivity index (χ0n) is 8.39. The van der Waals surface area contributed by atoms with Crippen LogP contribution in [-0.2, 0) is 0 Å². The van der Waals surface area contributed by atoms with Crippen molar-refractivity contribution in [3.63, 3.8) is 0 Å². The van der Waals surface area contributed by atoms with Gasteiger partial charge in [0.15, 0.2) is 8.83 Å². The van der Waals surface area contributed by atoms with Gasteiger partial charge in [0.05, 0.1) is 0 Å². The average molecular weight is 213 g/mol. The molecule has 1 aromatic rings. The Hall–Kier alpha value is -0.273. The molecule has 0 nitrogen and oxygen atoms in total. The van der Waals surface area contributed by atoms with Gasteiger partial charge in [-0.2, -0.15) is 11.1 Å². The third kappa shape index (κ3) is 2.85. The van der Waals surface area contributed by atoms with Crippen molar-refractivity contribution in [2.75, 3.05) is 0 Å². The lowest BCUT2D eigenvalue weighted by Gasteiger charge is -2.13. The van der Waals surface area contributed by atoms with Crippen LogP contribution in [0.5, 0.6) is 0 Å². The van der Waals surface area contributed by atoms with E-state index in [1.165, 1.54) is 23.6 Å². The lowest BCUT2D eigenvalue weighted by Crippen LogP contribution is -2.16. The van der Waals surface area contributed by atoms with Gasteiger partial charge in [0.1, 0.15) is 0 Å². The van der Waals surface area contributed by atoms with Crippen LogP contribution in [0.15, 0.2) is 24.3 Å². The van der Waals surface area contributed by atoms with Crippen molar-refractivity contribution < 1.29 is 0 Å². The van der Waals surface area contributed by atoms with E-state index < -0.39 is 8.83 Å². The Bertz CT molecular complexity index is 260. The Morgan fingerprint density at radius 3 is 2.69 bits per heavy atom. The molecule has 0 aliphatic rings. The Balaban J connectivity index is 2.85.